The Kier molecular flexibility index (Phi) is 10.1. The average Bonchev–Trinajstić information content (AvgIpc) is 2.96. The van der Waals surface area contributed by atoms with Gasteiger partial charge < -0.3 is 25.4 Å². The number of nitrogens with one attached hydrogen (secondary N) is 2. The Morgan fingerprint density at radius 3 is 2.11 bits per heavy atom. The van der Waals surface area contributed by atoms with E-state index in [4.69, 9.17) is 4.74 Å². The summed E-state index contributed by atoms with van der Waals surface area (Å²) in [6.45, 7) is 14.8. The van der Waals surface area contributed by atoms with Crippen molar-refractivity contribution >= 4 is 34.4 Å². The maximum absolute atomic E-state index is 14.8. The van der Waals surface area contributed by atoms with E-state index in [0.717, 1.165) is 21.9 Å². The lowest BCUT2D eigenvalue weighted by atomic mass is 9.90. The molecule has 4 aromatic rings. The zero-order valence-corrected chi connectivity index (χ0v) is 28.0. The molecule has 46 heavy (non-hydrogen) atoms. The van der Waals surface area contributed by atoms with Crippen molar-refractivity contribution in [2.24, 2.45) is 0 Å². The molecule has 4 rings (SSSR count). The number of alkyl carbamates (subject to hydrolysis) is 1. The van der Waals surface area contributed by atoms with Crippen molar-refractivity contribution in [2.45, 2.75) is 85.0 Å². The van der Waals surface area contributed by atoms with Crippen LogP contribution in [0.15, 0.2) is 84.9 Å². The van der Waals surface area contributed by atoms with Gasteiger partial charge in [-0.15, -0.1) is 0 Å². The summed E-state index contributed by atoms with van der Waals surface area (Å²) in [5, 5.41) is 17.7. The number of nitrogens with zero attached hydrogens (tertiary/aromatic N) is 1. The molecule has 0 saturated heterocycles. The van der Waals surface area contributed by atoms with Gasteiger partial charge in [0.2, 0.25) is 5.91 Å². The molecule has 0 radical (unpaired) electrons. The predicted molar refractivity (Wildman–Crippen MR) is 183 cm³/mol. The molecule has 0 spiro atoms. The lowest BCUT2D eigenvalue weighted by Gasteiger charge is -2.43. The number of carbonyl (C=O) groups is 3. The third-order valence-electron chi connectivity index (χ3n) is 7.79. The van der Waals surface area contributed by atoms with Crippen molar-refractivity contribution < 1.29 is 24.2 Å². The molecule has 4 aromatic carbocycles. The van der Waals surface area contributed by atoms with Gasteiger partial charge in [0, 0.05) is 17.6 Å². The van der Waals surface area contributed by atoms with Gasteiger partial charge >= 0.3 is 6.09 Å². The van der Waals surface area contributed by atoms with Crippen molar-refractivity contribution in [1.29, 1.82) is 0 Å². The number of amides is 3. The smallest absolute Gasteiger partial charge is 0.408 e. The third kappa shape index (κ3) is 8.44. The number of phenols is 1. The molecule has 2 atom stereocenters. The van der Waals surface area contributed by atoms with E-state index < -0.39 is 35.2 Å². The molecule has 0 saturated carbocycles. The fraction of sp³-hybridized carbons (Fsp3) is 0.342. The number of fused-ring (bicyclic) bond motifs is 1. The molecule has 3 N–H and O–H groups in total. The van der Waals surface area contributed by atoms with Crippen LogP contribution in [-0.4, -0.2) is 45.1 Å². The summed E-state index contributed by atoms with van der Waals surface area (Å²) in [6.07, 6.45) is -0.640. The van der Waals surface area contributed by atoms with Gasteiger partial charge in [-0.2, -0.15) is 0 Å². The fourth-order valence-corrected chi connectivity index (χ4v) is 5.48. The summed E-state index contributed by atoms with van der Waals surface area (Å²) in [4.78, 5) is 44.0. The maximum Gasteiger partial charge on any atom is 0.408 e. The second-order valence-electron chi connectivity index (χ2n) is 13.7. The summed E-state index contributed by atoms with van der Waals surface area (Å²) in [6, 6.07) is 23.6. The van der Waals surface area contributed by atoms with Gasteiger partial charge in [-0.25, -0.2) is 4.79 Å². The Bertz CT molecular complexity index is 1720. The van der Waals surface area contributed by atoms with Crippen LogP contribution in [0, 0.1) is 13.8 Å². The molecular weight excluding hydrogens is 578 g/mol. The summed E-state index contributed by atoms with van der Waals surface area (Å²) < 4.78 is 5.54. The SMILES string of the molecule is Cc1cccc(C(C(=O)Nc2ccc3ccccc3c2)N(C(=O)C(Cc2ccc(O)cc2)NC(=O)OC(C)(C)C)C(C)(C)C)c1C. The summed E-state index contributed by atoms with van der Waals surface area (Å²) >= 11 is 0. The highest BCUT2D eigenvalue weighted by molar-refractivity contribution is 6.01. The summed E-state index contributed by atoms with van der Waals surface area (Å²) in [5.41, 5.74) is 2.22. The Morgan fingerprint density at radius 1 is 0.826 bits per heavy atom. The number of hydrogen-bond acceptors (Lipinski definition) is 5. The zero-order chi connectivity index (χ0) is 33.8. The Hall–Kier alpha value is -4.85. The lowest BCUT2D eigenvalue weighted by molar-refractivity contribution is -0.146. The van der Waals surface area contributed by atoms with Gasteiger partial charge in [0.15, 0.2) is 0 Å². The van der Waals surface area contributed by atoms with Crippen molar-refractivity contribution in [1.82, 2.24) is 10.2 Å². The highest BCUT2D eigenvalue weighted by atomic mass is 16.6. The Balaban J connectivity index is 1.81. The number of anilines is 1. The number of benzene rings is 4. The minimum absolute atomic E-state index is 0.0865. The van der Waals surface area contributed by atoms with E-state index in [2.05, 4.69) is 10.6 Å². The number of ether oxygens (including phenoxy) is 1. The molecule has 0 aromatic heterocycles. The van der Waals surface area contributed by atoms with Crippen LogP contribution < -0.4 is 10.6 Å². The normalized spacial score (nSPS) is 13.0. The minimum atomic E-state index is -1.08. The quantitative estimate of drug-likeness (QED) is 0.187. The van der Waals surface area contributed by atoms with Gasteiger partial charge in [0.05, 0.1) is 0 Å². The van der Waals surface area contributed by atoms with Crippen LogP contribution in [0.5, 0.6) is 5.75 Å². The molecule has 0 heterocycles. The maximum atomic E-state index is 14.8. The summed E-state index contributed by atoms with van der Waals surface area (Å²) in [5.74, 6) is -0.748. The predicted octanol–water partition coefficient (Wildman–Crippen LogP) is 7.61. The van der Waals surface area contributed by atoms with E-state index in [0.29, 0.717) is 16.8 Å². The fourth-order valence-electron chi connectivity index (χ4n) is 5.48. The molecule has 0 fully saturated rings. The molecule has 0 bridgehead atoms. The molecule has 0 aliphatic carbocycles. The van der Waals surface area contributed by atoms with Crippen molar-refractivity contribution in [3.8, 4) is 5.75 Å². The van der Waals surface area contributed by atoms with Gasteiger partial charge in [0.1, 0.15) is 23.4 Å². The van der Waals surface area contributed by atoms with Gasteiger partial charge in [-0.05, 0) is 113 Å². The van der Waals surface area contributed by atoms with Crippen LogP contribution in [0.1, 0.15) is 69.8 Å². The Morgan fingerprint density at radius 2 is 1.48 bits per heavy atom. The number of hydrogen-bond donors (Lipinski definition) is 3. The largest absolute Gasteiger partial charge is 0.508 e. The van der Waals surface area contributed by atoms with E-state index in [-0.39, 0.29) is 18.1 Å². The molecule has 3 amide bonds. The van der Waals surface area contributed by atoms with Crippen molar-refractivity contribution in [3.05, 3.63) is 107 Å². The topological polar surface area (TPSA) is 108 Å². The van der Waals surface area contributed by atoms with Crippen LogP contribution >= 0.6 is 0 Å². The highest BCUT2D eigenvalue weighted by Gasteiger charge is 2.42. The van der Waals surface area contributed by atoms with E-state index >= 15 is 0 Å². The second-order valence-corrected chi connectivity index (χ2v) is 13.7. The zero-order valence-electron chi connectivity index (χ0n) is 28.0. The van der Waals surface area contributed by atoms with Crippen LogP contribution in [0.2, 0.25) is 0 Å². The number of carbonyl (C=O) groups excluding carboxylic acids is 3. The molecule has 2 unspecified atom stereocenters. The monoisotopic (exact) mass is 623 g/mol. The van der Waals surface area contributed by atoms with Crippen molar-refractivity contribution in [2.75, 3.05) is 5.32 Å². The first kappa shape index (κ1) is 34.0. The highest BCUT2D eigenvalue weighted by Crippen LogP contribution is 2.34. The van der Waals surface area contributed by atoms with E-state index in [1.54, 1.807) is 37.8 Å². The van der Waals surface area contributed by atoms with Crippen molar-refractivity contribution in [3.63, 3.8) is 0 Å². The van der Waals surface area contributed by atoms with Crippen LogP contribution in [-0.2, 0) is 20.7 Å². The van der Waals surface area contributed by atoms with Gasteiger partial charge in [-0.3, -0.25) is 9.59 Å². The van der Waals surface area contributed by atoms with Crippen LogP contribution in [0.25, 0.3) is 10.8 Å². The average molecular weight is 624 g/mol. The van der Waals surface area contributed by atoms with E-state index in [9.17, 15) is 19.5 Å². The minimum Gasteiger partial charge on any atom is -0.508 e. The van der Waals surface area contributed by atoms with Crippen LogP contribution in [0.4, 0.5) is 10.5 Å². The van der Waals surface area contributed by atoms with Gasteiger partial charge in [0.25, 0.3) is 5.91 Å². The number of aromatic hydroxyl groups is 1. The molecule has 0 aliphatic heterocycles. The number of rotatable bonds is 8. The third-order valence-corrected chi connectivity index (χ3v) is 7.79. The molecule has 0 aliphatic rings. The molecule has 8 heteroatoms. The Labute approximate surface area is 271 Å². The van der Waals surface area contributed by atoms with Crippen LogP contribution in [0.3, 0.4) is 0 Å². The first-order chi connectivity index (χ1) is 21.5. The molecular formula is C38H45N3O5. The summed E-state index contributed by atoms with van der Waals surface area (Å²) in [7, 11) is 0. The first-order valence-corrected chi connectivity index (χ1v) is 15.5. The first-order valence-electron chi connectivity index (χ1n) is 15.5. The molecule has 242 valence electrons. The number of aryl methyl sites for hydroxylation is 1. The van der Waals surface area contributed by atoms with E-state index in [1.807, 2.05) is 95.3 Å². The standard InChI is InChI=1S/C38H45N3O5/c1-24-12-11-15-31(25(24)2)33(34(43)39-29-19-18-27-13-9-10-14-28(27)23-29)41(37(3,4)5)35(44)32(40-36(45)46-38(6,7)8)22-26-16-20-30(42)21-17-26/h9-21,23,32-33,42H,22H2,1-8H3,(H,39,43)(H,40,45). The lowest BCUT2D eigenvalue weighted by Crippen LogP contribution is -2.58. The molecule has 8 nitrogen and oxygen atoms in total. The number of phenolic OH excluding ortho intramolecular Hbond substituents is 1. The second kappa shape index (κ2) is 13.6. The van der Waals surface area contributed by atoms with E-state index in [1.165, 1.54) is 12.1 Å². The van der Waals surface area contributed by atoms with Gasteiger partial charge in [-0.1, -0.05) is 60.7 Å².